The number of carbonyl (C=O) groups is 1. The number of urea groups is 1. The molecule has 3 N–H and O–H groups in total. The fraction of sp³-hybridized carbons (Fsp3) is 0.467. The van der Waals surface area contributed by atoms with Crippen LogP contribution in [0.4, 0.5) is 10.5 Å². The molecule has 1 aliphatic heterocycles. The zero-order valence-electron chi connectivity index (χ0n) is 11.9. The second kappa shape index (κ2) is 6.41. The summed E-state index contributed by atoms with van der Waals surface area (Å²) >= 11 is 0. The highest BCUT2D eigenvalue weighted by molar-refractivity contribution is 5.98. The third kappa shape index (κ3) is 3.29. The van der Waals surface area contributed by atoms with Crippen molar-refractivity contribution in [3.05, 3.63) is 29.8 Å². The Morgan fingerprint density at radius 2 is 1.90 bits per heavy atom. The minimum absolute atomic E-state index is 0.0162. The van der Waals surface area contributed by atoms with Crippen LogP contribution in [0.1, 0.15) is 31.2 Å². The molecule has 108 valence electrons. The Bertz CT molecular complexity index is 492. The van der Waals surface area contributed by atoms with Crippen molar-refractivity contribution in [3.8, 4) is 0 Å². The summed E-state index contributed by atoms with van der Waals surface area (Å²) in [5.74, 6) is 0.0162. The Hall–Kier alpha value is -2.04. The molecule has 1 saturated heterocycles. The van der Waals surface area contributed by atoms with Crippen molar-refractivity contribution in [2.45, 2.75) is 25.7 Å². The second-order valence-corrected chi connectivity index (χ2v) is 5.21. The third-order valence-corrected chi connectivity index (χ3v) is 3.71. The van der Waals surface area contributed by atoms with Gasteiger partial charge in [-0.05, 0) is 25.0 Å². The fourth-order valence-electron chi connectivity index (χ4n) is 2.47. The SMILES string of the molecule is CN(C(=O)N1CCCCCC1)c1cccc(C(=N)N)c1. The van der Waals surface area contributed by atoms with Crippen LogP contribution < -0.4 is 10.6 Å². The van der Waals surface area contributed by atoms with Gasteiger partial charge < -0.3 is 10.6 Å². The van der Waals surface area contributed by atoms with E-state index in [1.807, 2.05) is 17.0 Å². The molecule has 0 saturated carbocycles. The minimum Gasteiger partial charge on any atom is -0.384 e. The summed E-state index contributed by atoms with van der Waals surface area (Å²) in [6, 6.07) is 7.25. The molecule has 0 unspecified atom stereocenters. The van der Waals surface area contributed by atoms with E-state index in [1.54, 1.807) is 24.1 Å². The summed E-state index contributed by atoms with van der Waals surface area (Å²) in [5, 5.41) is 7.47. The van der Waals surface area contributed by atoms with Gasteiger partial charge in [-0.3, -0.25) is 10.3 Å². The van der Waals surface area contributed by atoms with Crippen molar-refractivity contribution in [2.24, 2.45) is 5.73 Å². The Balaban J connectivity index is 2.13. The highest BCUT2D eigenvalue weighted by Gasteiger charge is 2.20. The molecular weight excluding hydrogens is 252 g/mol. The Morgan fingerprint density at radius 3 is 2.50 bits per heavy atom. The Kier molecular flexibility index (Phi) is 4.61. The van der Waals surface area contributed by atoms with Crippen LogP contribution in [0.2, 0.25) is 0 Å². The molecule has 1 fully saturated rings. The molecule has 0 spiro atoms. The minimum atomic E-state index is 0.0162. The van der Waals surface area contributed by atoms with Crippen molar-refractivity contribution in [2.75, 3.05) is 25.0 Å². The van der Waals surface area contributed by atoms with Crippen molar-refractivity contribution < 1.29 is 4.79 Å². The average Bonchev–Trinajstić information content (AvgIpc) is 2.75. The normalized spacial score (nSPS) is 15.6. The van der Waals surface area contributed by atoms with E-state index in [4.69, 9.17) is 11.1 Å². The lowest BCUT2D eigenvalue weighted by molar-refractivity contribution is 0.208. The molecule has 20 heavy (non-hydrogen) atoms. The lowest BCUT2D eigenvalue weighted by Crippen LogP contribution is -2.41. The standard InChI is InChI=1S/C15H22N4O/c1-18(13-8-6-7-12(11-13)14(16)17)15(20)19-9-4-2-3-5-10-19/h6-8,11H,2-5,9-10H2,1H3,(H3,16,17). The van der Waals surface area contributed by atoms with E-state index >= 15 is 0 Å². The van der Waals surface area contributed by atoms with E-state index < -0.39 is 0 Å². The van der Waals surface area contributed by atoms with E-state index in [0.717, 1.165) is 31.6 Å². The summed E-state index contributed by atoms with van der Waals surface area (Å²) in [6.45, 7) is 1.66. The molecule has 0 atom stereocenters. The van der Waals surface area contributed by atoms with E-state index in [-0.39, 0.29) is 11.9 Å². The van der Waals surface area contributed by atoms with Gasteiger partial charge in [-0.25, -0.2) is 4.79 Å². The quantitative estimate of drug-likeness (QED) is 0.642. The first-order chi connectivity index (χ1) is 9.59. The number of amides is 2. The third-order valence-electron chi connectivity index (χ3n) is 3.71. The van der Waals surface area contributed by atoms with Crippen LogP contribution in [0, 0.1) is 5.41 Å². The lowest BCUT2D eigenvalue weighted by Gasteiger charge is -2.27. The number of rotatable bonds is 2. The first-order valence-corrected chi connectivity index (χ1v) is 7.06. The molecule has 5 nitrogen and oxygen atoms in total. The van der Waals surface area contributed by atoms with Crippen LogP contribution in [0.3, 0.4) is 0 Å². The zero-order valence-corrected chi connectivity index (χ0v) is 11.9. The number of nitrogens with zero attached hydrogens (tertiary/aromatic N) is 2. The Labute approximate surface area is 119 Å². The molecule has 0 bridgehead atoms. The van der Waals surface area contributed by atoms with Crippen LogP contribution >= 0.6 is 0 Å². The molecule has 0 aliphatic carbocycles. The molecule has 1 aromatic rings. The number of likely N-dealkylation sites (tertiary alicyclic amines) is 1. The van der Waals surface area contributed by atoms with Gasteiger partial charge in [-0.1, -0.05) is 25.0 Å². The number of nitrogens with one attached hydrogen (secondary N) is 1. The summed E-state index contributed by atoms with van der Waals surface area (Å²) in [5.41, 5.74) is 6.90. The summed E-state index contributed by atoms with van der Waals surface area (Å²) in [4.78, 5) is 16.0. The summed E-state index contributed by atoms with van der Waals surface area (Å²) < 4.78 is 0. The highest BCUT2D eigenvalue weighted by Crippen LogP contribution is 2.18. The van der Waals surface area contributed by atoms with Crippen molar-refractivity contribution in [3.63, 3.8) is 0 Å². The molecule has 5 heteroatoms. The van der Waals surface area contributed by atoms with Crippen LogP contribution in [0.5, 0.6) is 0 Å². The highest BCUT2D eigenvalue weighted by atomic mass is 16.2. The van der Waals surface area contributed by atoms with Gasteiger partial charge in [-0.2, -0.15) is 0 Å². The van der Waals surface area contributed by atoms with Crippen LogP contribution in [-0.4, -0.2) is 36.9 Å². The van der Waals surface area contributed by atoms with Crippen LogP contribution in [0.15, 0.2) is 24.3 Å². The van der Waals surface area contributed by atoms with E-state index in [9.17, 15) is 4.79 Å². The molecule has 2 rings (SSSR count). The number of nitrogens with two attached hydrogens (primary N) is 1. The van der Waals surface area contributed by atoms with E-state index in [1.165, 1.54) is 12.8 Å². The Morgan fingerprint density at radius 1 is 1.25 bits per heavy atom. The van der Waals surface area contributed by atoms with E-state index in [0.29, 0.717) is 5.56 Å². The van der Waals surface area contributed by atoms with Gasteiger partial charge in [-0.15, -0.1) is 0 Å². The number of nitrogen functional groups attached to an aromatic ring is 1. The number of hydrogen-bond acceptors (Lipinski definition) is 2. The number of hydrogen-bond donors (Lipinski definition) is 2. The van der Waals surface area contributed by atoms with Gasteiger partial charge >= 0.3 is 6.03 Å². The molecule has 1 heterocycles. The van der Waals surface area contributed by atoms with Crippen LogP contribution in [-0.2, 0) is 0 Å². The van der Waals surface area contributed by atoms with Crippen molar-refractivity contribution >= 4 is 17.6 Å². The number of amidine groups is 1. The number of carbonyl (C=O) groups excluding carboxylic acids is 1. The number of benzene rings is 1. The van der Waals surface area contributed by atoms with Crippen molar-refractivity contribution in [1.82, 2.24) is 4.90 Å². The maximum Gasteiger partial charge on any atom is 0.324 e. The molecule has 2 amide bonds. The zero-order chi connectivity index (χ0) is 14.5. The topological polar surface area (TPSA) is 73.4 Å². The summed E-state index contributed by atoms with van der Waals surface area (Å²) in [7, 11) is 1.77. The summed E-state index contributed by atoms with van der Waals surface area (Å²) in [6.07, 6.45) is 4.56. The van der Waals surface area contributed by atoms with Gasteiger partial charge in [0.2, 0.25) is 0 Å². The first-order valence-electron chi connectivity index (χ1n) is 7.06. The van der Waals surface area contributed by atoms with Crippen molar-refractivity contribution in [1.29, 1.82) is 5.41 Å². The number of anilines is 1. The molecule has 1 aromatic carbocycles. The first kappa shape index (κ1) is 14.4. The largest absolute Gasteiger partial charge is 0.384 e. The van der Waals surface area contributed by atoms with Gasteiger partial charge in [0, 0.05) is 31.4 Å². The van der Waals surface area contributed by atoms with Gasteiger partial charge in [0.25, 0.3) is 0 Å². The molecule has 0 radical (unpaired) electrons. The maximum atomic E-state index is 12.5. The van der Waals surface area contributed by atoms with Gasteiger partial charge in [0.05, 0.1) is 0 Å². The molecule has 1 aliphatic rings. The van der Waals surface area contributed by atoms with Gasteiger partial charge in [0.1, 0.15) is 5.84 Å². The van der Waals surface area contributed by atoms with Crippen LogP contribution in [0.25, 0.3) is 0 Å². The van der Waals surface area contributed by atoms with Gasteiger partial charge in [0.15, 0.2) is 0 Å². The van der Waals surface area contributed by atoms with E-state index in [2.05, 4.69) is 0 Å². The maximum absolute atomic E-state index is 12.5. The second-order valence-electron chi connectivity index (χ2n) is 5.21. The lowest BCUT2D eigenvalue weighted by atomic mass is 10.2. The smallest absolute Gasteiger partial charge is 0.324 e. The predicted molar refractivity (Wildman–Crippen MR) is 81.3 cm³/mol. The average molecular weight is 274 g/mol. The molecule has 0 aromatic heterocycles. The fourth-order valence-corrected chi connectivity index (χ4v) is 2.47. The predicted octanol–water partition coefficient (Wildman–Crippen LogP) is 2.40. The monoisotopic (exact) mass is 274 g/mol. The molecular formula is C15H22N4O.